The van der Waals surface area contributed by atoms with E-state index in [0.29, 0.717) is 11.3 Å². The number of thioether (sulfide) groups is 1. The van der Waals surface area contributed by atoms with Gasteiger partial charge >= 0.3 is 6.61 Å². The quantitative estimate of drug-likeness (QED) is 0.786. The van der Waals surface area contributed by atoms with Crippen LogP contribution in [0, 0.1) is 0 Å². The Kier molecular flexibility index (Phi) is 5.54. The highest BCUT2D eigenvalue weighted by atomic mass is 32.2. The third kappa shape index (κ3) is 4.31. The predicted molar refractivity (Wildman–Crippen MR) is 76.7 cm³/mol. The van der Waals surface area contributed by atoms with Crippen LogP contribution in [0.15, 0.2) is 28.6 Å². The molecule has 0 aliphatic carbocycles. The maximum absolute atomic E-state index is 12.3. The number of alkyl halides is 2. The first-order valence-corrected chi connectivity index (χ1v) is 7.72. The molecular weight excluding hydrogens is 304 g/mol. The number of nitrogens with zero attached hydrogens (tertiary/aromatic N) is 2. The Balaban J connectivity index is 1.99. The summed E-state index contributed by atoms with van der Waals surface area (Å²) in [7, 11) is 0. The molecule has 0 fully saturated rings. The van der Waals surface area contributed by atoms with Gasteiger partial charge in [-0.2, -0.15) is 8.78 Å². The van der Waals surface area contributed by atoms with Crippen molar-refractivity contribution in [3.05, 3.63) is 29.8 Å². The topological polar surface area (TPSA) is 47.0 Å². The van der Waals surface area contributed by atoms with Crippen molar-refractivity contribution in [1.82, 2.24) is 10.2 Å². The van der Waals surface area contributed by atoms with Crippen molar-refractivity contribution in [3.63, 3.8) is 0 Å². The Morgan fingerprint density at radius 1 is 1.35 bits per heavy atom. The Hall–Kier alpha value is -1.41. The standard InChI is InChI=1S/C12H13F2N3OS2/c1-2-15-11-16-17-12(20-11)19-7-8-5-3-4-6-9(8)18-10(13)14/h3-6,10H,2,7H2,1H3,(H,15,16). The van der Waals surface area contributed by atoms with E-state index in [4.69, 9.17) is 0 Å². The van der Waals surface area contributed by atoms with Crippen molar-refractivity contribution >= 4 is 28.2 Å². The molecule has 0 aliphatic heterocycles. The van der Waals surface area contributed by atoms with Crippen molar-refractivity contribution in [2.45, 2.75) is 23.6 Å². The average molecular weight is 317 g/mol. The van der Waals surface area contributed by atoms with Gasteiger partial charge in [0.25, 0.3) is 0 Å². The highest BCUT2D eigenvalue weighted by Gasteiger charge is 2.10. The van der Waals surface area contributed by atoms with Crippen LogP contribution in [-0.4, -0.2) is 23.4 Å². The summed E-state index contributed by atoms with van der Waals surface area (Å²) < 4.78 is 29.9. The number of benzene rings is 1. The number of aromatic nitrogens is 2. The molecule has 20 heavy (non-hydrogen) atoms. The Morgan fingerprint density at radius 3 is 2.90 bits per heavy atom. The second kappa shape index (κ2) is 7.39. The first-order chi connectivity index (χ1) is 9.69. The average Bonchev–Trinajstić information content (AvgIpc) is 2.85. The monoisotopic (exact) mass is 317 g/mol. The lowest BCUT2D eigenvalue weighted by molar-refractivity contribution is -0.0503. The second-order valence-electron chi connectivity index (χ2n) is 3.68. The molecule has 1 aromatic heterocycles. The Labute approximate surface area is 123 Å². The van der Waals surface area contributed by atoms with E-state index in [-0.39, 0.29) is 5.75 Å². The van der Waals surface area contributed by atoms with E-state index < -0.39 is 6.61 Å². The van der Waals surface area contributed by atoms with Gasteiger partial charge in [-0.15, -0.1) is 10.2 Å². The van der Waals surface area contributed by atoms with Crippen molar-refractivity contribution in [1.29, 1.82) is 0 Å². The van der Waals surface area contributed by atoms with Gasteiger partial charge in [0, 0.05) is 17.9 Å². The van der Waals surface area contributed by atoms with Crippen molar-refractivity contribution < 1.29 is 13.5 Å². The molecule has 2 rings (SSSR count). The summed E-state index contributed by atoms with van der Waals surface area (Å²) in [6.45, 7) is -0.0562. The molecule has 0 amide bonds. The molecule has 0 radical (unpaired) electrons. The third-order valence-corrected chi connectivity index (χ3v) is 4.34. The number of rotatable bonds is 7. The molecule has 0 bridgehead atoms. The fraction of sp³-hybridized carbons (Fsp3) is 0.333. The number of hydrogen-bond acceptors (Lipinski definition) is 6. The van der Waals surface area contributed by atoms with E-state index in [1.807, 2.05) is 6.92 Å². The normalized spacial score (nSPS) is 10.8. The molecule has 2 aromatic rings. The molecule has 0 saturated heterocycles. The SMILES string of the molecule is CCNc1nnc(SCc2ccccc2OC(F)F)s1. The minimum Gasteiger partial charge on any atom is -0.435 e. The summed E-state index contributed by atoms with van der Waals surface area (Å²) in [6.07, 6.45) is 0. The molecule has 1 aromatic carbocycles. The summed E-state index contributed by atoms with van der Waals surface area (Å²) in [5.41, 5.74) is 0.706. The minimum absolute atomic E-state index is 0.200. The van der Waals surface area contributed by atoms with Gasteiger partial charge < -0.3 is 10.1 Å². The smallest absolute Gasteiger partial charge is 0.387 e. The molecular formula is C12H13F2N3OS2. The van der Waals surface area contributed by atoms with Crippen molar-refractivity contribution in [2.75, 3.05) is 11.9 Å². The summed E-state index contributed by atoms with van der Waals surface area (Å²) in [6, 6.07) is 6.75. The zero-order chi connectivity index (χ0) is 14.4. The fourth-order valence-corrected chi connectivity index (χ4v) is 3.27. The lowest BCUT2D eigenvalue weighted by atomic mass is 10.2. The molecule has 8 heteroatoms. The van der Waals surface area contributed by atoms with E-state index in [2.05, 4.69) is 20.3 Å². The third-order valence-electron chi connectivity index (χ3n) is 2.27. The first-order valence-electron chi connectivity index (χ1n) is 5.92. The van der Waals surface area contributed by atoms with Crippen LogP contribution in [0.3, 0.4) is 0 Å². The molecule has 1 N–H and O–H groups in total. The molecule has 0 atom stereocenters. The van der Waals surface area contributed by atoms with Gasteiger partial charge in [-0.05, 0) is 13.0 Å². The van der Waals surface area contributed by atoms with Crippen LogP contribution in [0.2, 0.25) is 0 Å². The van der Waals surface area contributed by atoms with Crippen LogP contribution in [0.5, 0.6) is 5.75 Å². The molecule has 0 unspecified atom stereocenters. The van der Waals surface area contributed by atoms with Gasteiger partial charge in [0.2, 0.25) is 5.13 Å². The van der Waals surface area contributed by atoms with E-state index >= 15 is 0 Å². The number of halogens is 2. The van der Waals surface area contributed by atoms with Crippen LogP contribution in [-0.2, 0) is 5.75 Å². The van der Waals surface area contributed by atoms with Gasteiger partial charge in [-0.25, -0.2) is 0 Å². The van der Waals surface area contributed by atoms with E-state index in [1.54, 1.807) is 18.2 Å². The van der Waals surface area contributed by atoms with Crippen LogP contribution >= 0.6 is 23.1 Å². The van der Waals surface area contributed by atoms with Crippen LogP contribution in [0.1, 0.15) is 12.5 Å². The molecule has 0 aliphatic rings. The minimum atomic E-state index is -2.82. The lowest BCUT2D eigenvalue weighted by Crippen LogP contribution is -2.03. The van der Waals surface area contributed by atoms with Gasteiger partial charge in [0.1, 0.15) is 5.75 Å². The van der Waals surface area contributed by atoms with Gasteiger partial charge in [0.15, 0.2) is 4.34 Å². The molecule has 0 spiro atoms. The number of anilines is 1. The van der Waals surface area contributed by atoms with Crippen LogP contribution in [0.4, 0.5) is 13.9 Å². The van der Waals surface area contributed by atoms with E-state index in [1.165, 1.54) is 29.2 Å². The summed E-state index contributed by atoms with van der Waals surface area (Å²) in [5, 5.41) is 11.8. The lowest BCUT2D eigenvalue weighted by Gasteiger charge is -2.09. The van der Waals surface area contributed by atoms with Crippen LogP contribution in [0.25, 0.3) is 0 Å². The summed E-state index contributed by atoms with van der Waals surface area (Å²) in [4.78, 5) is 0. The number of nitrogens with one attached hydrogen (secondary N) is 1. The Morgan fingerprint density at radius 2 is 2.15 bits per heavy atom. The van der Waals surface area contributed by atoms with Crippen LogP contribution < -0.4 is 10.1 Å². The molecule has 1 heterocycles. The van der Waals surface area contributed by atoms with Gasteiger partial charge in [-0.3, -0.25) is 0 Å². The highest BCUT2D eigenvalue weighted by Crippen LogP contribution is 2.31. The van der Waals surface area contributed by atoms with E-state index in [0.717, 1.165) is 16.0 Å². The zero-order valence-corrected chi connectivity index (χ0v) is 12.3. The zero-order valence-electron chi connectivity index (χ0n) is 10.7. The fourth-order valence-electron chi connectivity index (χ4n) is 1.46. The maximum Gasteiger partial charge on any atom is 0.387 e. The van der Waals surface area contributed by atoms with Crippen molar-refractivity contribution in [3.8, 4) is 5.75 Å². The summed E-state index contributed by atoms with van der Waals surface area (Å²) >= 11 is 2.88. The second-order valence-corrected chi connectivity index (χ2v) is 5.88. The molecule has 0 saturated carbocycles. The largest absolute Gasteiger partial charge is 0.435 e. The van der Waals surface area contributed by atoms with E-state index in [9.17, 15) is 8.78 Å². The van der Waals surface area contributed by atoms with Gasteiger partial charge in [0.05, 0.1) is 0 Å². The maximum atomic E-state index is 12.3. The predicted octanol–water partition coefficient (Wildman–Crippen LogP) is 3.86. The number of ether oxygens (including phenoxy) is 1. The number of hydrogen-bond donors (Lipinski definition) is 1. The number of para-hydroxylation sites is 1. The van der Waals surface area contributed by atoms with Gasteiger partial charge in [-0.1, -0.05) is 41.3 Å². The molecule has 4 nitrogen and oxygen atoms in total. The first kappa shape index (κ1) is 15.0. The highest BCUT2D eigenvalue weighted by molar-refractivity contribution is 8.00. The Bertz CT molecular complexity index is 551. The van der Waals surface area contributed by atoms with Crippen molar-refractivity contribution in [2.24, 2.45) is 0 Å². The summed E-state index contributed by atoms with van der Waals surface area (Å²) in [5.74, 6) is 0.704. The molecule has 108 valence electrons.